The van der Waals surface area contributed by atoms with Gasteiger partial charge in [0.2, 0.25) is 5.95 Å². The van der Waals surface area contributed by atoms with Crippen LogP contribution >= 0.6 is 0 Å². The lowest BCUT2D eigenvalue weighted by molar-refractivity contribution is 0.252. The number of rotatable bonds is 8. The molecule has 7 heteroatoms. The Labute approximate surface area is 148 Å². The van der Waals surface area contributed by atoms with Gasteiger partial charge in [-0.25, -0.2) is 9.78 Å². The number of nitrogens with one attached hydrogen (secondary N) is 4. The van der Waals surface area contributed by atoms with Crippen molar-refractivity contribution < 1.29 is 4.79 Å². The number of amides is 2. The molecule has 0 atom stereocenters. The lowest BCUT2D eigenvalue weighted by atomic mass is 10.1. The SMILES string of the molecule is CCNc1cc(C)nc(NCCNC(=O)Nc2ccc(CC)cc2)n1. The Morgan fingerprint density at radius 3 is 2.48 bits per heavy atom. The molecule has 0 saturated heterocycles. The van der Waals surface area contributed by atoms with Gasteiger partial charge in [-0.2, -0.15) is 4.98 Å². The van der Waals surface area contributed by atoms with Crippen molar-refractivity contribution >= 4 is 23.5 Å². The molecule has 1 aromatic carbocycles. The zero-order chi connectivity index (χ0) is 18.1. The summed E-state index contributed by atoms with van der Waals surface area (Å²) in [4.78, 5) is 20.6. The van der Waals surface area contributed by atoms with E-state index in [1.807, 2.05) is 44.2 Å². The fourth-order valence-electron chi connectivity index (χ4n) is 2.27. The number of urea groups is 1. The van der Waals surface area contributed by atoms with Crippen LogP contribution in [0.4, 0.5) is 22.2 Å². The van der Waals surface area contributed by atoms with Crippen LogP contribution < -0.4 is 21.3 Å². The number of hydrogen-bond acceptors (Lipinski definition) is 5. The van der Waals surface area contributed by atoms with E-state index >= 15 is 0 Å². The van der Waals surface area contributed by atoms with Gasteiger partial charge in [-0.15, -0.1) is 0 Å². The molecule has 0 aliphatic carbocycles. The van der Waals surface area contributed by atoms with Gasteiger partial charge in [0.05, 0.1) is 0 Å². The van der Waals surface area contributed by atoms with Crippen LogP contribution in [0.25, 0.3) is 0 Å². The van der Waals surface area contributed by atoms with Crippen LogP contribution in [0.2, 0.25) is 0 Å². The van der Waals surface area contributed by atoms with Gasteiger partial charge in [0.25, 0.3) is 0 Å². The normalized spacial score (nSPS) is 10.2. The van der Waals surface area contributed by atoms with E-state index in [0.29, 0.717) is 19.0 Å². The number of anilines is 3. The van der Waals surface area contributed by atoms with Crippen LogP contribution in [0, 0.1) is 6.92 Å². The summed E-state index contributed by atoms with van der Waals surface area (Å²) in [7, 11) is 0. The van der Waals surface area contributed by atoms with E-state index in [-0.39, 0.29) is 6.03 Å². The monoisotopic (exact) mass is 342 g/mol. The maximum absolute atomic E-state index is 11.9. The van der Waals surface area contributed by atoms with Crippen molar-refractivity contribution in [1.82, 2.24) is 15.3 Å². The largest absolute Gasteiger partial charge is 0.370 e. The summed E-state index contributed by atoms with van der Waals surface area (Å²) in [5.74, 6) is 1.34. The van der Waals surface area contributed by atoms with Crippen LogP contribution in [0.15, 0.2) is 30.3 Å². The van der Waals surface area contributed by atoms with E-state index < -0.39 is 0 Å². The van der Waals surface area contributed by atoms with Crippen molar-refractivity contribution in [2.75, 3.05) is 35.6 Å². The van der Waals surface area contributed by atoms with E-state index in [1.54, 1.807) is 0 Å². The molecular weight excluding hydrogens is 316 g/mol. The third-order valence-corrected chi connectivity index (χ3v) is 3.53. The topological polar surface area (TPSA) is 91.0 Å². The molecule has 2 amide bonds. The maximum Gasteiger partial charge on any atom is 0.319 e. The zero-order valence-electron chi connectivity index (χ0n) is 15.0. The highest BCUT2D eigenvalue weighted by Gasteiger charge is 2.03. The zero-order valence-corrected chi connectivity index (χ0v) is 15.0. The van der Waals surface area contributed by atoms with E-state index in [0.717, 1.165) is 30.2 Å². The number of carbonyl (C=O) groups excluding carboxylic acids is 1. The molecule has 2 aromatic rings. The number of carbonyl (C=O) groups is 1. The summed E-state index contributed by atoms with van der Waals surface area (Å²) in [6.07, 6.45) is 0.981. The molecule has 0 radical (unpaired) electrons. The van der Waals surface area contributed by atoms with E-state index in [1.165, 1.54) is 5.56 Å². The number of aromatic nitrogens is 2. The van der Waals surface area contributed by atoms with Crippen LogP contribution in [-0.4, -0.2) is 35.6 Å². The maximum atomic E-state index is 11.9. The van der Waals surface area contributed by atoms with E-state index in [2.05, 4.69) is 38.2 Å². The molecule has 2 rings (SSSR count). The van der Waals surface area contributed by atoms with Crippen molar-refractivity contribution in [2.24, 2.45) is 0 Å². The highest BCUT2D eigenvalue weighted by molar-refractivity contribution is 5.89. The second kappa shape index (κ2) is 9.46. The fourth-order valence-corrected chi connectivity index (χ4v) is 2.27. The van der Waals surface area contributed by atoms with Gasteiger partial charge in [-0.3, -0.25) is 0 Å². The minimum atomic E-state index is -0.232. The number of nitrogens with zero attached hydrogens (tertiary/aromatic N) is 2. The molecule has 0 unspecified atom stereocenters. The minimum absolute atomic E-state index is 0.232. The highest BCUT2D eigenvalue weighted by Crippen LogP contribution is 2.10. The summed E-state index contributed by atoms with van der Waals surface area (Å²) in [6.45, 7) is 7.84. The van der Waals surface area contributed by atoms with Gasteiger partial charge < -0.3 is 21.3 Å². The van der Waals surface area contributed by atoms with E-state index in [4.69, 9.17) is 0 Å². The Hall–Kier alpha value is -2.83. The van der Waals surface area contributed by atoms with Crippen LogP contribution in [-0.2, 0) is 6.42 Å². The molecule has 25 heavy (non-hydrogen) atoms. The van der Waals surface area contributed by atoms with Crippen molar-refractivity contribution in [3.05, 3.63) is 41.6 Å². The number of aryl methyl sites for hydroxylation is 2. The summed E-state index contributed by atoms with van der Waals surface area (Å²) in [6, 6.07) is 9.48. The summed E-state index contributed by atoms with van der Waals surface area (Å²) in [5, 5.41) is 11.9. The van der Waals surface area contributed by atoms with Gasteiger partial charge in [0.15, 0.2) is 0 Å². The average Bonchev–Trinajstić information content (AvgIpc) is 2.59. The Balaban J connectivity index is 1.74. The van der Waals surface area contributed by atoms with E-state index in [9.17, 15) is 4.79 Å². The molecular formula is C18H26N6O. The molecule has 0 fully saturated rings. The lowest BCUT2D eigenvalue weighted by Crippen LogP contribution is -2.32. The Bertz CT molecular complexity index is 686. The van der Waals surface area contributed by atoms with Crippen LogP contribution in [0.1, 0.15) is 25.1 Å². The lowest BCUT2D eigenvalue weighted by Gasteiger charge is -2.10. The molecule has 0 aliphatic heterocycles. The quantitative estimate of drug-likeness (QED) is 0.554. The molecule has 0 saturated carbocycles. The van der Waals surface area contributed by atoms with Crippen molar-refractivity contribution in [2.45, 2.75) is 27.2 Å². The average molecular weight is 342 g/mol. The first-order valence-electron chi connectivity index (χ1n) is 8.58. The Morgan fingerprint density at radius 2 is 1.80 bits per heavy atom. The summed E-state index contributed by atoms with van der Waals surface area (Å²) >= 11 is 0. The van der Waals surface area contributed by atoms with Gasteiger partial charge in [-0.05, 0) is 38.0 Å². The van der Waals surface area contributed by atoms with Gasteiger partial charge >= 0.3 is 6.03 Å². The molecule has 7 nitrogen and oxygen atoms in total. The van der Waals surface area contributed by atoms with Crippen molar-refractivity contribution in [3.63, 3.8) is 0 Å². The third-order valence-electron chi connectivity index (χ3n) is 3.53. The van der Waals surface area contributed by atoms with Crippen LogP contribution in [0.5, 0.6) is 0 Å². The van der Waals surface area contributed by atoms with Gasteiger partial charge in [0, 0.05) is 37.1 Å². The summed E-state index contributed by atoms with van der Waals surface area (Å²) < 4.78 is 0. The second-order valence-electron chi connectivity index (χ2n) is 5.61. The molecule has 1 heterocycles. The molecule has 0 bridgehead atoms. The van der Waals surface area contributed by atoms with Crippen molar-refractivity contribution in [1.29, 1.82) is 0 Å². The first kappa shape index (κ1) is 18.5. The summed E-state index contributed by atoms with van der Waals surface area (Å²) in [5.41, 5.74) is 2.90. The fraction of sp³-hybridized carbons (Fsp3) is 0.389. The molecule has 0 aliphatic rings. The van der Waals surface area contributed by atoms with Crippen molar-refractivity contribution in [3.8, 4) is 0 Å². The number of hydrogen-bond donors (Lipinski definition) is 4. The predicted molar refractivity (Wildman–Crippen MR) is 102 cm³/mol. The van der Waals surface area contributed by atoms with Gasteiger partial charge in [0.1, 0.15) is 5.82 Å². The molecule has 4 N–H and O–H groups in total. The molecule has 1 aromatic heterocycles. The third kappa shape index (κ3) is 6.29. The molecule has 0 spiro atoms. The first-order chi connectivity index (χ1) is 12.1. The standard InChI is InChI=1S/C18H26N6O/c1-4-14-6-8-15(9-7-14)23-18(25)21-11-10-20-17-22-13(3)12-16(24-17)19-5-2/h6-9,12H,4-5,10-11H2,1-3H3,(H2,21,23,25)(H2,19,20,22,24). The minimum Gasteiger partial charge on any atom is -0.370 e. The van der Waals surface area contributed by atoms with Crippen LogP contribution in [0.3, 0.4) is 0 Å². The number of benzene rings is 1. The Kier molecular flexibility index (Phi) is 7.00. The second-order valence-corrected chi connectivity index (χ2v) is 5.61. The smallest absolute Gasteiger partial charge is 0.319 e. The van der Waals surface area contributed by atoms with Gasteiger partial charge in [-0.1, -0.05) is 19.1 Å². The predicted octanol–water partition coefficient (Wildman–Crippen LogP) is 3.01. The highest BCUT2D eigenvalue weighted by atomic mass is 16.2. The first-order valence-corrected chi connectivity index (χ1v) is 8.58. The molecule has 134 valence electrons. The Morgan fingerprint density at radius 1 is 1.04 bits per heavy atom.